The first-order chi connectivity index (χ1) is 9.29. The maximum atomic E-state index is 13.9. The van der Waals surface area contributed by atoms with E-state index in [0.29, 0.717) is 5.56 Å². The van der Waals surface area contributed by atoms with Crippen molar-refractivity contribution in [2.75, 3.05) is 0 Å². The number of thiol groups is 1. The molecule has 0 aliphatic carbocycles. The Labute approximate surface area is 118 Å². The highest BCUT2D eigenvalue weighted by atomic mass is 32.1. The fraction of sp³-hybridized carbons (Fsp3) is 0.143. The van der Waals surface area contributed by atoms with E-state index in [1.807, 2.05) is 0 Å². The highest BCUT2D eigenvalue weighted by molar-refractivity contribution is 7.80. The highest BCUT2D eigenvalue weighted by Gasteiger charge is 2.38. The maximum absolute atomic E-state index is 13.9. The zero-order chi connectivity index (χ0) is 14.9. The third kappa shape index (κ3) is 3.07. The second kappa shape index (κ2) is 5.36. The molecule has 0 radical (unpaired) electrons. The summed E-state index contributed by atoms with van der Waals surface area (Å²) in [6.45, 7) is 1.57. The molecule has 2 rings (SSSR count). The van der Waals surface area contributed by atoms with Gasteiger partial charge in [0.2, 0.25) is 0 Å². The van der Waals surface area contributed by atoms with Gasteiger partial charge in [0.05, 0.1) is 5.56 Å². The number of aryl methyl sites for hydroxylation is 1. The summed E-state index contributed by atoms with van der Waals surface area (Å²) < 4.78 is 59.1. The summed E-state index contributed by atoms with van der Waals surface area (Å²) in [7, 11) is 0. The summed E-state index contributed by atoms with van der Waals surface area (Å²) in [6, 6.07) is 6.43. The van der Waals surface area contributed by atoms with Gasteiger partial charge in [-0.05, 0) is 42.8 Å². The standard InChI is InChI=1S/C14H10F4OS/c1-8-2-4-10(11(15)6-8)14(17,18)19-13-5-3-9(20)7-12(13)16/h2-7,20H,1H3. The number of halogens is 4. The first-order valence-electron chi connectivity index (χ1n) is 5.61. The lowest BCUT2D eigenvalue weighted by Crippen LogP contribution is -2.24. The van der Waals surface area contributed by atoms with Gasteiger partial charge in [-0.15, -0.1) is 12.6 Å². The molecule has 0 atom stereocenters. The molecule has 20 heavy (non-hydrogen) atoms. The van der Waals surface area contributed by atoms with Gasteiger partial charge in [0, 0.05) is 4.90 Å². The molecule has 0 aliphatic heterocycles. The number of alkyl halides is 2. The molecule has 0 saturated carbocycles. The number of hydrogen-bond donors (Lipinski definition) is 1. The molecule has 0 aliphatic rings. The molecule has 2 aromatic rings. The minimum Gasteiger partial charge on any atom is -0.426 e. The molecular formula is C14H10F4OS. The zero-order valence-electron chi connectivity index (χ0n) is 10.3. The smallest absolute Gasteiger partial charge is 0.426 e. The van der Waals surface area contributed by atoms with Crippen molar-refractivity contribution < 1.29 is 22.3 Å². The molecule has 0 fully saturated rings. The fourth-order valence-corrected chi connectivity index (χ4v) is 1.81. The minimum absolute atomic E-state index is 0.264. The van der Waals surface area contributed by atoms with Crippen LogP contribution in [0, 0.1) is 18.6 Å². The summed E-state index contributed by atoms with van der Waals surface area (Å²) >= 11 is 3.87. The van der Waals surface area contributed by atoms with Crippen LogP contribution < -0.4 is 4.74 Å². The lowest BCUT2D eigenvalue weighted by Gasteiger charge is -2.19. The summed E-state index contributed by atoms with van der Waals surface area (Å²) in [4.78, 5) is 0.264. The third-order valence-electron chi connectivity index (χ3n) is 2.59. The number of ether oxygens (including phenoxy) is 1. The van der Waals surface area contributed by atoms with E-state index in [9.17, 15) is 17.6 Å². The van der Waals surface area contributed by atoms with Crippen LogP contribution in [-0.2, 0) is 6.11 Å². The van der Waals surface area contributed by atoms with Gasteiger partial charge in [0.25, 0.3) is 0 Å². The van der Waals surface area contributed by atoms with E-state index in [1.54, 1.807) is 6.92 Å². The Hall–Kier alpha value is -1.69. The minimum atomic E-state index is -3.98. The van der Waals surface area contributed by atoms with Crippen molar-refractivity contribution in [2.24, 2.45) is 0 Å². The van der Waals surface area contributed by atoms with Crippen LogP contribution in [0.5, 0.6) is 5.75 Å². The molecule has 0 amide bonds. The first-order valence-corrected chi connectivity index (χ1v) is 6.06. The normalized spacial score (nSPS) is 11.5. The maximum Gasteiger partial charge on any atom is 0.429 e. The molecule has 0 bridgehead atoms. The van der Waals surface area contributed by atoms with E-state index in [4.69, 9.17) is 0 Å². The van der Waals surface area contributed by atoms with Crippen molar-refractivity contribution in [3.8, 4) is 5.75 Å². The highest BCUT2D eigenvalue weighted by Crippen LogP contribution is 2.34. The molecule has 0 spiro atoms. The van der Waals surface area contributed by atoms with E-state index in [2.05, 4.69) is 17.4 Å². The van der Waals surface area contributed by atoms with Crippen molar-refractivity contribution in [3.63, 3.8) is 0 Å². The van der Waals surface area contributed by atoms with Gasteiger partial charge in [0.15, 0.2) is 11.6 Å². The molecule has 0 heterocycles. The Balaban J connectivity index is 2.35. The Kier molecular flexibility index (Phi) is 3.94. The quantitative estimate of drug-likeness (QED) is 0.639. The Bertz CT molecular complexity index is 643. The van der Waals surface area contributed by atoms with Crippen LogP contribution in [0.4, 0.5) is 17.6 Å². The lowest BCUT2D eigenvalue weighted by molar-refractivity contribution is -0.188. The second-order valence-electron chi connectivity index (χ2n) is 4.22. The van der Waals surface area contributed by atoms with Gasteiger partial charge in [-0.2, -0.15) is 8.78 Å². The fourth-order valence-electron chi connectivity index (χ4n) is 1.62. The van der Waals surface area contributed by atoms with Gasteiger partial charge in [-0.1, -0.05) is 6.07 Å². The van der Waals surface area contributed by atoms with Crippen molar-refractivity contribution in [3.05, 3.63) is 59.2 Å². The van der Waals surface area contributed by atoms with Crippen LogP contribution in [0.15, 0.2) is 41.3 Å². The van der Waals surface area contributed by atoms with Crippen LogP contribution in [-0.4, -0.2) is 0 Å². The van der Waals surface area contributed by atoms with E-state index < -0.39 is 29.1 Å². The van der Waals surface area contributed by atoms with Gasteiger partial charge in [-0.25, -0.2) is 8.78 Å². The SMILES string of the molecule is Cc1ccc(C(F)(F)Oc2ccc(S)cc2F)c(F)c1. The molecule has 2 aromatic carbocycles. The number of benzene rings is 2. The van der Waals surface area contributed by atoms with Gasteiger partial charge >= 0.3 is 6.11 Å². The average molecular weight is 302 g/mol. The summed E-state index contributed by atoms with van der Waals surface area (Å²) in [5.41, 5.74) is -0.454. The predicted octanol–water partition coefficient (Wildman–Crippen LogP) is 4.69. The van der Waals surface area contributed by atoms with Crippen LogP contribution in [0.1, 0.15) is 11.1 Å². The van der Waals surface area contributed by atoms with Gasteiger partial charge < -0.3 is 4.74 Å². The van der Waals surface area contributed by atoms with Crippen molar-refractivity contribution in [1.82, 2.24) is 0 Å². The molecule has 1 nitrogen and oxygen atoms in total. The van der Waals surface area contributed by atoms with Crippen LogP contribution in [0.2, 0.25) is 0 Å². The summed E-state index contributed by atoms with van der Waals surface area (Å²) in [5, 5.41) is 0. The topological polar surface area (TPSA) is 9.23 Å². The lowest BCUT2D eigenvalue weighted by atomic mass is 10.1. The molecule has 6 heteroatoms. The summed E-state index contributed by atoms with van der Waals surface area (Å²) in [5.74, 6) is -2.78. The number of hydrogen-bond acceptors (Lipinski definition) is 2. The van der Waals surface area contributed by atoms with Crippen LogP contribution in [0.25, 0.3) is 0 Å². The predicted molar refractivity (Wildman–Crippen MR) is 69.3 cm³/mol. The van der Waals surface area contributed by atoms with Crippen molar-refractivity contribution in [2.45, 2.75) is 17.9 Å². The van der Waals surface area contributed by atoms with E-state index in [1.165, 1.54) is 12.1 Å². The van der Waals surface area contributed by atoms with E-state index in [0.717, 1.165) is 24.3 Å². The van der Waals surface area contributed by atoms with Crippen LogP contribution >= 0.6 is 12.6 Å². The Morgan fingerprint density at radius 2 is 1.70 bits per heavy atom. The van der Waals surface area contributed by atoms with Crippen molar-refractivity contribution >= 4 is 12.6 Å². The zero-order valence-corrected chi connectivity index (χ0v) is 11.2. The van der Waals surface area contributed by atoms with Gasteiger partial charge in [0.1, 0.15) is 5.82 Å². The van der Waals surface area contributed by atoms with Crippen LogP contribution in [0.3, 0.4) is 0 Å². The average Bonchev–Trinajstić information content (AvgIpc) is 2.32. The van der Waals surface area contributed by atoms with Gasteiger partial charge in [-0.3, -0.25) is 0 Å². The molecule has 0 N–H and O–H groups in total. The van der Waals surface area contributed by atoms with E-state index >= 15 is 0 Å². The Morgan fingerprint density at radius 1 is 1.00 bits per heavy atom. The van der Waals surface area contributed by atoms with E-state index in [-0.39, 0.29) is 4.90 Å². The van der Waals surface area contributed by atoms with Crippen molar-refractivity contribution in [1.29, 1.82) is 0 Å². The summed E-state index contributed by atoms with van der Waals surface area (Å²) in [6.07, 6.45) is -3.98. The third-order valence-corrected chi connectivity index (χ3v) is 2.87. The molecular weight excluding hydrogens is 292 g/mol. The first kappa shape index (κ1) is 14.7. The molecule has 0 saturated heterocycles. The Morgan fingerprint density at radius 3 is 2.30 bits per heavy atom. The molecule has 0 unspecified atom stereocenters. The largest absolute Gasteiger partial charge is 0.429 e. The second-order valence-corrected chi connectivity index (χ2v) is 4.73. The number of rotatable bonds is 3. The molecule has 106 valence electrons. The monoisotopic (exact) mass is 302 g/mol. The molecule has 0 aromatic heterocycles.